The van der Waals surface area contributed by atoms with Crippen molar-refractivity contribution in [3.63, 3.8) is 0 Å². The summed E-state index contributed by atoms with van der Waals surface area (Å²) in [6.07, 6.45) is 1.31. The van der Waals surface area contributed by atoms with Gasteiger partial charge in [0.25, 0.3) is 0 Å². The molecule has 0 aliphatic carbocycles. The molecule has 0 aliphatic rings. The number of aromatic nitrogens is 3. The highest BCUT2D eigenvalue weighted by atomic mass is 19.1. The Kier molecular flexibility index (Phi) is 6.82. The first-order valence-electron chi connectivity index (χ1n) is 10.7. The van der Waals surface area contributed by atoms with Crippen LogP contribution in [0.4, 0.5) is 10.1 Å². The van der Waals surface area contributed by atoms with Crippen molar-refractivity contribution in [2.75, 3.05) is 11.9 Å². The molecule has 0 spiro atoms. The topological polar surface area (TPSA) is 95.3 Å². The van der Waals surface area contributed by atoms with E-state index in [1.54, 1.807) is 32.0 Å². The molecule has 0 atom stereocenters. The van der Waals surface area contributed by atoms with E-state index in [1.165, 1.54) is 12.4 Å². The van der Waals surface area contributed by atoms with Gasteiger partial charge in [-0.05, 0) is 25.5 Å². The molecule has 0 unspecified atom stereocenters. The van der Waals surface area contributed by atoms with Gasteiger partial charge < -0.3 is 14.9 Å². The van der Waals surface area contributed by atoms with E-state index in [0.717, 1.165) is 10.3 Å². The Balaban J connectivity index is 1.87. The fraction of sp³-hybridized carbons (Fsp3) is 0.200. The molecule has 0 radical (unpaired) electrons. The van der Waals surface area contributed by atoms with Gasteiger partial charge in [-0.1, -0.05) is 48.5 Å². The second-order valence-electron chi connectivity index (χ2n) is 7.43. The number of rotatable bonds is 8. The van der Waals surface area contributed by atoms with Crippen molar-refractivity contribution in [2.45, 2.75) is 27.0 Å². The van der Waals surface area contributed by atoms with Crippen LogP contribution < -0.4 is 15.7 Å². The van der Waals surface area contributed by atoms with Crippen molar-refractivity contribution in [3.05, 3.63) is 99.5 Å². The van der Waals surface area contributed by atoms with Crippen LogP contribution in [0.3, 0.4) is 0 Å². The first kappa shape index (κ1) is 22.9. The van der Waals surface area contributed by atoms with Crippen molar-refractivity contribution in [1.82, 2.24) is 14.7 Å². The molecular weight excluding hydrogens is 439 g/mol. The molecule has 4 aromatic rings. The highest BCUT2D eigenvalue weighted by Gasteiger charge is 2.26. The number of anilines is 1. The number of aryl methyl sites for hydroxylation is 1. The number of nitrogens with one attached hydrogen (secondary N) is 1. The zero-order chi connectivity index (χ0) is 24.1. The van der Waals surface area contributed by atoms with Crippen molar-refractivity contribution in [1.29, 1.82) is 0 Å². The molecule has 8 nitrogen and oxygen atoms in total. The zero-order valence-corrected chi connectivity index (χ0v) is 18.7. The minimum atomic E-state index is -0.828. The number of nitrogens with zero attached hydrogens (tertiary/aromatic N) is 3. The number of hydrogen-bond donors (Lipinski definition) is 1. The van der Waals surface area contributed by atoms with E-state index in [9.17, 15) is 14.0 Å². The highest BCUT2D eigenvalue weighted by molar-refractivity contribution is 6.04. The van der Waals surface area contributed by atoms with Crippen molar-refractivity contribution < 1.29 is 18.8 Å². The summed E-state index contributed by atoms with van der Waals surface area (Å²) in [5.41, 5.74) is 1.03. The molecule has 0 aliphatic heterocycles. The van der Waals surface area contributed by atoms with Gasteiger partial charge in [-0.25, -0.2) is 19.2 Å². The van der Waals surface area contributed by atoms with E-state index in [0.29, 0.717) is 16.6 Å². The number of hydrogen-bond acceptors (Lipinski definition) is 7. The normalized spacial score (nSPS) is 10.8. The first-order valence-corrected chi connectivity index (χ1v) is 10.7. The van der Waals surface area contributed by atoms with Crippen LogP contribution in [0.25, 0.3) is 11.0 Å². The molecule has 0 saturated carbocycles. The Morgan fingerprint density at radius 1 is 1.09 bits per heavy atom. The summed E-state index contributed by atoms with van der Waals surface area (Å²) in [6, 6.07) is 15.5. The summed E-state index contributed by atoms with van der Waals surface area (Å²) in [7, 11) is 0. The Morgan fingerprint density at radius 3 is 2.56 bits per heavy atom. The van der Waals surface area contributed by atoms with Gasteiger partial charge in [-0.15, -0.1) is 4.73 Å². The molecule has 1 N–H and O–H groups in total. The van der Waals surface area contributed by atoms with Gasteiger partial charge in [0.2, 0.25) is 0 Å². The summed E-state index contributed by atoms with van der Waals surface area (Å²) >= 11 is 0. The van der Waals surface area contributed by atoms with Gasteiger partial charge in [0.05, 0.1) is 23.4 Å². The third-order valence-corrected chi connectivity index (χ3v) is 5.20. The molecule has 4 rings (SSSR count). The van der Waals surface area contributed by atoms with E-state index >= 15 is 0 Å². The molecule has 2 heterocycles. The number of ether oxygens (including phenoxy) is 1. The number of fused-ring (bicyclic) bond motifs is 1. The highest BCUT2D eigenvalue weighted by Crippen LogP contribution is 2.27. The van der Waals surface area contributed by atoms with Crippen LogP contribution in [0.1, 0.15) is 34.1 Å². The largest absolute Gasteiger partial charge is 0.462 e. The van der Waals surface area contributed by atoms with Crippen LogP contribution in [0.15, 0.2) is 65.7 Å². The Bertz CT molecular complexity index is 1390. The Morgan fingerprint density at radius 2 is 1.82 bits per heavy atom. The third kappa shape index (κ3) is 4.59. The number of benzene rings is 2. The van der Waals surface area contributed by atoms with Crippen molar-refractivity contribution >= 4 is 22.7 Å². The number of pyridine rings is 1. The van der Waals surface area contributed by atoms with Crippen molar-refractivity contribution in [3.8, 4) is 0 Å². The van der Waals surface area contributed by atoms with Crippen molar-refractivity contribution in [2.24, 2.45) is 0 Å². The molecule has 0 saturated heterocycles. The van der Waals surface area contributed by atoms with Crippen LogP contribution in [0.5, 0.6) is 0 Å². The molecule has 0 bridgehead atoms. The van der Waals surface area contributed by atoms with E-state index in [4.69, 9.17) is 9.57 Å². The van der Waals surface area contributed by atoms with Gasteiger partial charge in [-0.2, -0.15) is 0 Å². The molecule has 2 aromatic heterocycles. The standard InChI is InChI=1S/C25H23FN4O4/c1-3-33-25(32)21-22(27-13-18-11-7-8-12-19(18)26)20-16(2)28-15-29-23(20)30(24(21)31)34-14-17-9-5-4-6-10-17/h4-12,15,27H,3,13-14H2,1-2H3. The second kappa shape index (κ2) is 10.1. The minimum Gasteiger partial charge on any atom is -0.462 e. The fourth-order valence-electron chi connectivity index (χ4n) is 3.57. The SMILES string of the molecule is CCOC(=O)c1c(NCc2ccccc2F)c2c(C)ncnc2n(OCc2ccccc2)c1=O. The molecule has 174 valence electrons. The molecule has 34 heavy (non-hydrogen) atoms. The molecular formula is C25H23FN4O4. The smallest absolute Gasteiger partial charge is 0.346 e. The summed E-state index contributed by atoms with van der Waals surface area (Å²) in [5.74, 6) is -1.24. The lowest BCUT2D eigenvalue weighted by Crippen LogP contribution is -2.34. The zero-order valence-electron chi connectivity index (χ0n) is 18.7. The predicted molar refractivity (Wildman–Crippen MR) is 125 cm³/mol. The lowest BCUT2D eigenvalue weighted by atomic mass is 10.1. The van der Waals surface area contributed by atoms with Crippen LogP contribution in [0, 0.1) is 12.7 Å². The maximum atomic E-state index is 14.2. The monoisotopic (exact) mass is 462 g/mol. The summed E-state index contributed by atoms with van der Waals surface area (Å²) in [5, 5.41) is 3.44. The molecule has 2 aromatic carbocycles. The molecule has 0 fully saturated rings. The quantitative estimate of drug-likeness (QED) is 0.399. The molecule has 9 heteroatoms. The Hall–Kier alpha value is -4.27. The minimum absolute atomic E-state index is 0.0246. The average Bonchev–Trinajstić information content (AvgIpc) is 2.83. The fourth-order valence-corrected chi connectivity index (χ4v) is 3.57. The lowest BCUT2D eigenvalue weighted by Gasteiger charge is -2.19. The van der Waals surface area contributed by atoms with Gasteiger partial charge in [-0.3, -0.25) is 4.79 Å². The maximum absolute atomic E-state index is 14.2. The van der Waals surface area contributed by atoms with Gasteiger partial charge in [0, 0.05) is 12.1 Å². The first-order chi connectivity index (χ1) is 16.5. The van der Waals surface area contributed by atoms with E-state index < -0.39 is 17.3 Å². The summed E-state index contributed by atoms with van der Waals surface area (Å²) in [4.78, 5) is 40.7. The van der Waals surface area contributed by atoms with Crippen LogP contribution in [-0.4, -0.2) is 27.3 Å². The number of carbonyl (C=O) groups is 1. The van der Waals surface area contributed by atoms with E-state index in [1.807, 2.05) is 30.3 Å². The lowest BCUT2D eigenvalue weighted by molar-refractivity contribution is 0.0513. The van der Waals surface area contributed by atoms with E-state index in [-0.39, 0.29) is 36.7 Å². The summed E-state index contributed by atoms with van der Waals surface area (Å²) in [6.45, 7) is 3.53. The van der Waals surface area contributed by atoms with Gasteiger partial charge in [0.15, 0.2) is 11.2 Å². The van der Waals surface area contributed by atoms with E-state index in [2.05, 4.69) is 15.3 Å². The number of carbonyl (C=O) groups excluding carboxylic acids is 1. The van der Waals surface area contributed by atoms with Crippen LogP contribution in [-0.2, 0) is 17.9 Å². The number of esters is 1. The summed E-state index contributed by atoms with van der Waals surface area (Å²) < 4.78 is 20.4. The predicted octanol–water partition coefficient (Wildman–Crippen LogP) is 3.66. The number of halogens is 1. The Labute approximate surface area is 195 Å². The third-order valence-electron chi connectivity index (χ3n) is 5.20. The molecule has 0 amide bonds. The second-order valence-corrected chi connectivity index (χ2v) is 7.43. The van der Waals surface area contributed by atoms with Gasteiger partial charge >= 0.3 is 11.5 Å². The van der Waals surface area contributed by atoms with Gasteiger partial charge in [0.1, 0.15) is 18.8 Å². The van der Waals surface area contributed by atoms with Crippen LogP contribution >= 0.6 is 0 Å². The maximum Gasteiger partial charge on any atom is 0.346 e. The average molecular weight is 462 g/mol. The van der Waals surface area contributed by atoms with Crippen LogP contribution in [0.2, 0.25) is 0 Å².